The molecule has 3 nitrogen and oxygen atoms in total. The maximum Gasteiger partial charge on any atom is 0.161 e. The summed E-state index contributed by atoms with van der Waals surface area (Å²) in [6.07, 6.45) is 3.42. The van der Waals surface area contributed by atoms with Crippen LogP contribution < -0.4 is 5.32 Å². The van der Waals surface area contributed by atoms with Crippen LogP contribution in [0.4, 0.5) is 18.9 Å². The highest BCUT2D eigenvalue weighted by atomic mass is 19.2. The monoisotopic (exact) mass is 255 g/mol. The zero-order valence-electron chi connectivity index (χ0n) is 9.75. The molecule has 0 radical (unpaired) electrons. The molecule has 2 rings (SSSR count). The Balaban J connectivity index is 2.13. The third kappa shape index (κ3) is 2.47. The Morgan fingerprint density at radius 2 is 1.89 bits per heavy atom. The van der Waals surface area contributed by atoms with Crippen molar-refractivity contribution in [2.45, 2.75) is 20.0 Å². The van der Waals surface area contributed by atoms with E-state index in [-0.39, 0.29) is 12.2 Å². The Hall–Kier alpha value is -1.98. The third-order valence-electron chi connectivity index (χ3n) is 2.59. The van der Waals surface area contributed by atoms with Crippen molar-refractivity contribution in [3.05, 3.63) is 47.8 Å². The fraction of sp³-hybridized carbons (Fsp3) is 0.250. The van der Waals surface area contributed by atoms with Crippen LogP contribution in [0.3, 0.4) is 0 Å². The molecule has 0 aliphatic carbocycles. The lowest BCUT2D eigenvalue weighted by atomic mass is 10.3. The summed E-state index contributed by atoms with van der Waals surface area (Å²) in [6.45, 7) is 2.92. The molecule has 0 spiro atoms. The molecule has 1 heterocycles. The number of aromatic nitrogens is 2. The van der Waals surface area contributed by atoms with Crippen LogP contribution in [0.1, 0.15) is 12.7 Å². The summed E-state index contributed by atoms with van der Waals surface area (Å²) in [5, 5.41) is 2.69. The third-order valence-corrected chi connectivity index (χ3v) is 2.59. The van der Waals surface area contributed by atoms with Crippen molar-refractivity contribution in [3.8, 4) is 0 Å². The van der Waals surface area contributed by atoms with Gasteiger partial charge in [-0.05, 0) is 6.92 Å². The average molecular weight is 255 g/mol. The van der Waals surface area contributed by atoms with Gasteiger partial charge in [-0.25, -0.2) is 18.2 Å². The fourth-order valence-electron chi connectivity index (χ4n) is 1.63. The Morgan fingerprint density at radius 3 is 2.61 bits per heavy atom. The van der Waals surface area contributed by atoms with Crippen molar-refractivity contribution in [1.29, 1.82) is 0 Å². The summed E-state index contributed by atoms with van der Waals surface area (Å²) in [6, 6.07) is 1.31. The first-order valence-electron chi connectivity index (χ1n) is 5.50. The molecule has 0 aliphatic rings. The molecule has 0 saturated carbocycles. The van der Waals surface area contributed by atoms with Crippen LogP contribution in [0.15, 0.2) is 24.5 Å². The van der Waals surface area contributed by atoms with E-state index in [1.54, 1.807) is 12.4 Å². The summed E-state index contributed by atoms with van der Waals surface area (Å²) in [5.74, 6) is -2.42. The van der Waals surface area contributed by atoms with Gasteiger partial charge in [-0.2, -0.15) is 0 Å². The van der Waals surface area contributed by atoms with Crippen molar-refractivity contribution in [1.82, 2.24) is 9.55 Å². The number of hydrogen-bond acceptors (Lipinski definition) is 2. The highest BCUT2D eigenvalue weighted by Gasteiger charge is 2.10. The molecule has 0 atom stereocenters. The molecule has 6 heteroatoms. The van der Waals surface area contributed by atoms with Gasteiger partial charge in [-0.15, -0.1) is 0 Å². The number of nitrogens with zero attached hydrogens (tertiary/aromatic N) is 2. The number of halogens is 3. The van der Waals surface area contributed by atoms with Crippen LogP contribution in [0.2, 0.25) is 0 Å². The van der Waals surface area contributed by atoms with Crippen molar-refractivity contribution >= 4 is 5.69 Å². The van der Waals surface area contributed by atoms with E-state index in [1.807, 2.05) is 11.5 Å². The van der Waals surface area contributed by atoms with Crippen molar-refractivity contribution in [3.63, 3.8) is 0 Å². The van der Waals surface area contributed by atoms with Gasteiger partial charge in [0, 0.05) is 31.1 Å². The maximum absolute atomic E-state index is 13.3. The maximum atomic E-state index is 13.3. The predicted octanol–water partition coefficient (Wildman–Crippen LogP) is 2.93. The van der Waals surface area contributed by atoms with Gasteiger partial charge in [0.1, 0.15) is 11.6 Å². The van der Waals surface area contributed by atoms with E-state index < -0.39 is 17.5 Å². The molecule has 1 aromatic carbocycles. The molecule has 0 unspecified atom stereocenters. The summed E-state index contributed by atoms with van der Waals surface area (Å²) in [5.41, 5.74) is -0.0837. The van der Waals surface area contributed by atoms with E-state index in [0.717, 1.165) is 12.6 Å². The normalized spacial score (nSPS) is 10.7. The van der Waals surface area contributed by atoms with Gasteiger partial charge in [0.25, 0.3) is 0 Å². The first-order chi connectivity index (χ1) is 8.61. The van der Waals surface area contributed by atoms with Gasteiger partial charge >= 0.3 is 0 Å². The molecule has 0 saturated heterocycles. The van der Waals surface area contributed by atoms with Crippen molar-refractivity contribution < 1.29 is 13.2 Å². The van der Waals surface area contributed by atoms with Crippen LogP contribution >= 0.6 is 0 Å². The van der Waals surface area contributed by atoms with Crippen LogP contribution in [0.25, 0.3) is 0 Å². The van der Waals surface area contributed by atoms with Gasteiger partial charge < -0.3 is 9.88 Å². The number of rotatable bonds is 4. The Bertz CT molecular complexity index is 551. The van der Waals surface area contributed by atoms with Gasteiger partial charge in [-0.3, -0.25) is 0 Å². The molecule has 0 amide bonds. The van der Waals surface area contributed by atoms with E-state index in [9.17, 15) is 13.2 Å². The molecular formula is C12H12F3N3. The SMILES string of the molecule is CCn1ccnc1CNc1cc(F)c(F)cc1F. The topological polar surface area (TPSA) is 29.9 Å². The van der Waals surface area contributed by atoms with E-state index in [0.29, 0.717) is 11.9 Å². The number of imidazole rings is 1. The molecular weight excluding hydrogens is 243 g/mol. The Kier molecular flexibility index (Phi) is 3.55. The zero-order valence-corrected chi connectivity index (χ0v) is 9.75. The molecule has 18 heavy (non-hydrogen) atoms. The minimum Gasteiger partial charge on any atom is -0.375 e. The zero-order chi connectivity index (χ0) is 13.1. The number of anilines is 1. The van der Waals surface area contributed by atoms with Crippen LogP contribution in [0, 0.1) is 17.5 Å². The second kappa shape index (κ2) is 5.12. The first-order valence-corrected chi connectivity index (χ1v) is 5.50. The summed E-state index contributed by atoms with van der Waals surface area (Å²) >= 11 is 0. The van der Waals surface area contributed by atoms with Gasteiger partial charge in [-0.1, -0.05) is 0 Å². The van der Waals surface area contributed by atoms with Crippen LogP contribution in [-0.2, 0) is 13.1 Å². The smallest absolute Gasteiger partial charge is 0.161 e. The highest BCUT2D eigenvalue weighted by molar-refractivity contribution is 5.45. The Morgan fingerprint density at radius 1 is 1.17 bits per heavy atom. The molecule has 0 fully saturated rings. The molecule has 0 bridgehead atoms. The predicted molar refractivity (Wildman–Crippen MR) is 61.5 cm³/mol. The minimum atomic E-state index is -1.20. The first kappa shape index (κ1) is 12.5. The second-order valence-electron chi connectivity index (χ2n) is 3.73. The second-order valence-corrected chi connectivity index (χ2v) is 3.73. The lowest BCUT2D eigenvalue weighted by Crippen LogP contribution is -2.09. The number of aryl methyl sites for hydroxylation is 1. The van der Waals surface area contributed by atoms with Gasteiger partial charge in [0.05, 0.1) is 12.2 Å². The van der Waals surface area contributed by atoms with E-state index in [1.165, 1.54) is 0 Å². The largest absolute Gasteiger partial charge is 0.375 e. The lowest BCUT2D eigenvalue weighted by Gasteiger charge is -2.09. The van der Waals surface area contributed by atoms with E-state index in [4.69, 9.17) is 0 Å². The van der Waals surface area contributed by atoms with Crippen molar-refractivity contribution in [2.24, 2.45) is 0 Å². The average Bonchev–Trinajstić information content (AvgIpc) is 2.79. The quantitative estimate of drug-likeness (QED) is 0.851. The standard InChI is InChI=1S/C12H12F3N3/c1-2-18-4-3-16-12(18)7-17-11-6-9(14)8(13)5-10(11)15/h3-6,17H,2,7H2,1H3. The van der Waals surface area contributed by atoms with Crippen LogP contribution in [0.5, 0.6) is 0 Å². The fourth-order valence-corrected chi connectivity index (χ4v) is 1.63. The van der Waals surface area contributed by atoms with E-state index >= 15 is 0 Å². The van der Waals surface area contributed by atoms with Crippen LogP contribution in [-0.4, -0.2) is 9.55 Å². The summed E-state index contributed by atoms with van der Waals surface area (Å²) in [7, 11) is 0. The number of nitrogens with one attached hydrogen (secondary N) is 1. The molecule has 2 aromatic rings. The van der Waals surface area contributed by atoms with E-state index in [2.05, 4.69) is 10.3 Å². The summed E-state index contributed by atoms with van der Waals surface area (Å²) < 4.78 is 40.9. The molecule has 96 valence electrons. The molecule has 0 aliphatic heterocycles. The summed E-state index contributed by atoms with van der Waals surface area (Å²) in [4.78, 5) is 4.08. The Labute approximate surface area is 102 Å². The lowest BCUT2D eigenvalue weighted by molar-refractivity contribution is 0.496. The number of benzene rings is 1. The van der Waals surface area contributed by atoms with Gasteiger partial charge in [0.15, 0.2) is 11.6 Å². The molecule has 1 N–H and O–H groups in total. The highest BCUT2D eigenvalue weighted by Crippen LogP contribution is 2.18. The van der Waals surface area contributed by atoms with Gasteiger partial charge in [0.2, 0.25) is 0 Å². The molecule has 1 aromatic heterocycles. The van der Waals surface area contributed by atoms with Crippen molar-refractivity contribution in [2.75, 3.05) is 5.32 Å². The number of hydrogen-bond donors (Lipinski definition) is 1. The minimum absolute atomic E-state index is 0.0837.